The minimum Gasteiger partial charge on any atom is -0.465 e. The third-order valence-corrected chi connectivity index (χ3v) is 4.48. The molecule has 0 bridgehead atoms. The van der Waals surface area contributed by atoms with E-state index in [1.165, 1.54) is 0 Å². The second-order valence-electron chi connectivity index (χ2n) is 6.50. The number of benzene rings is 2. The Hall–Kier alpha value is -3.40. The molecule has 0 unspecified atom stereocenters. The van der Waals surface area contributed by atoms with Crippen LogP contribution >= 0.6 is 0 Å². The lowest BCUT2D eigenvalue weighted by molar-refractivity contribution is -0.118. The van der Waals surface area contributed by atoms with E-state index in [1.807, 2.05) is 17.0 Å². The van der Waals surface area contributed by atoms with Crippen molar-refractivity contribution >= 4 is 28.4 Å². The number of hydrogen-bond donors (Lipinski definition) is 1. The van der Waals surface area contributed by atoms with Crippen molar-refractivity contribution in [3.8, 4) is 5.88 Å². The predicted molar refractivity (Wildman–Crippen MR) is 103 cm³/mol. The van der Waals surface area contributed by atoms with E-state index in [9.17, 15) is 18.0 Å². The highest BCUT2D eigenvalue weighted by atomic mass is 19.2. The molecule has 2 heterocycles. The average Bonchev–Trinajstić information content (AvgIpc) is 2.78. The van der Waals surface area contributed by atoms with Crippen molar-refractivity contribution in [2.75, 3.05) is 43.1 Å². The summed E-state index contributed by atoms with van der Waals surface area (Å²) in [6.45, 7) is 1.67. The van der Waals surface area contributed by atoms with Gasteiger partial charge in [-0.05, 0) is 24.3 Å². The van der Waals surface area contributed by atoms with E-state index in [-0.39, 0.29) is 5.88 Å². The number of fused-ring (bicyclic) bond motifs is 1. The van der Waals surface area contributed by atoms with Crippen molar-refractivity contribution in [3.05, 3.63) is 53.8 Å². The van der Waals surface area contributed by atoms with Crippen molar-refractivity contribution in [1.29, 1.82) is 0 Å². The fourth-order valence-corrected chi connectivity index (χ4v) is 3.00. The van der Waals surface area contributed by atoms with E-state index in [0.29, 0.717) is 43.2 Å². The molecule has 1 aliphatic rings. The number of anilines is 2. The zero-order chi connectivity index (χ0) is 21.1. The second kappa shape index (κ2) is 8.54. The Balaban J connectivity index is 1.54. The van der Waals surface area contributed by atoms with Crippen LogP contribution in [0.2, 0.25) is 0 Å². The molecule has 0 spiro atoms. The molecule has 0 atom stereocenters. The van der Waals surface area contributed by atoms with Gasteiger partial charge < -0.3 is 19.7 Å². The molecule has 1 fully saturated rings. The molecule has 2 aromatic carbocycles. The van der Waals surface area contributed by atoms with Gasteiger partial charge >= 0.3 is 0 Å². The van der Waals surface area contributed by atoms with Crippen LogP contribution in [0.25, 0.3) is 11.0 Å². The van der Waals surface area contributed by atoms with Gasteiger partial charge in [0.1, 0.15) is 0 Å². The standard InChI is InChI=1S/C20H17F3N4O3/c21-12-5-6-15(18(23)17(12)22)24-16(28)11-30-20-19(27-7-9-29-10-8-27)25-13-3-1-2-4-14(13)26-20/h1-6H,7-11H2,(H,24,28). The zero-order valence-corrected chi connectivity index (χ0v) is 15.7. The molecule has 1 saturated heterocycles. The highest BCUT2D eigenvalue weighted by Crippen LogP contribution is 2.28. The number of ether oxygens (including phenoxy) is 2. The molecule has 1 aliphatic heterocycles. The number of hydrogen-bond acceptors (Lipinski definition) is 6. The van der Waals surface area contributed by atoms with Gasteiger partial charge in [0, 0.05) is 13.1 Å². The molecular formula is C20H17F3N4O3. The highest BCUT2D eigenvalue weighted by Gasteiger charge is 2.21. The molecule has 3 aromatic rings. The quantitative estimate of drug-likeness (QED) is 0.643. The van der Waals surface area contributed by atoms with Gasteiger partial charge in [0.15, 0.2) is 29.9 Å². The lowest BCUT2D eigenvalue weighted by Crippen LogP contribution is -2.37. The SMILES string of the molecule is O=C(COc1nc2ccccc2nc1N1CCOCC1)Nc1ccc(F)c(F)c1F. The van der Waals surface area contributed by atoms with Gasteiger partial charge in [-0.1, -0.05) is 12.1 Å². The Bertz CT molecular complexity index is 1090. The Morgan fingerprint density at radius 2 is 1.73 bits per heavy atom. The number of nitrogens with one attached hydrogen (secondary N) is 1. The maximum Gasteiger partial charge on any atom is 0.262 e. The third kappa shape index (κ3) is 4.13. The number of para-hydroxylation sites is 2. The van der Waals surface area contributed by atoms with Crippen molar-refractivity contribution in [2.24, 2.45) is 0 Å². The van der Waals surface area contributed by atoms with Crippen LogP contribution < -0.4 is 15.0 Å². The molecule has 30 heavy (non-hydrogen) atoms. The number of morpholine rings is 1. The minimum absolute atomic E-state index is 0.136. The maximum absolute atomic E-state index is 13.8. The van der Waals surface area contributed by atoms with Crippen molar-refractivity contribution in [2.45, 2.75) is 0 Å². The monoisotopic (exact) mass is 418 g/mol. The molecule has 1 amide bonds. The smallest absolute Gasteiger partial charge is 0.262 e. The normalized spacial score (nSPS) is 14.0. The van der Waals surface area contributed by atoms with Gasteiger partial charge in [-0.15, -0.1) is 0 Å². The van der Waals surface area contributed by atoms with E-state index in [1.54, 1.807) is 12.1 Å². The van der Waals surface area contributed by atoms with Crippen LogP contribution in [0, 0.1) is 17.5 Å². The molecule has 156 valence electrons. The fraction of sp³-hybridized carbons (Fsp3) is 0.250. The van der Waals surface area contributed by atoms with Crippen LogP contribution in [0.3, 0.4) is 0 Å². The fourth-order valence-electron chi connectivity index (χ4n) is 3.00. The number of amides is 1. The summed E-state index contributed by atoms with van der Waals surface area (Å²) in [5.41, 5.74) is 0.761. The van der Waals surface area contributed by atoms with E-state index in [0.717, 1.165) is 12.1 Å². The summed E-state index contributed by atoms with van der Waals surface area (Å²) in [5, 5.41) is 2.16. The summed E-state index contributed by atoms with van der Waals surface area (Å²) in [7, 11) is 0. The first-order valence-corrected chi connectivity index (χ1v) is 9.18. The van der Waals surface area contributed by atoms with Crippen LogP contribution in [0.5, 0.6) is 5.88 Å². The van der Waals surface area contributed by atoms with Crippen LogP contribution in [0.15, 0.2) is 36.4 Å². The second-order valence-corrected chi connectivity index (χ2v) is 6.50. The summed E-state index contributed by atoms with van der Waals surface area (Å²) in [5.74, 6) is -4.65. The van der Waals surface area contributed by atoms with Gasteiger partial charge in [-0.2, -0.15) is 0 Å². The van der Waals surface area contributed by atoms with Crippen molar-refractivity contribution in [1.82, 2.24) is 9.97 Å². The van der Waals surface area contributed by atoms with E-state index in [4.69, 9.17) is 9.47 Å². The Kier molecular flexibility index (Phi) is 5.66. The number of nitrogens with zero attached hydrogens (tertiary/aromatic N) is 3. The molecular weight excluding hydrogens is 401 g/mol. The number of rotatable bonds is 5. The maximum atomic E-state index is 13.8. The first kappa shape index (κ1) is 19.9. The summed E-state index contributed by atoms with van der Waals surface area (Å²) in [6, 6.07) is 8.86. The first-order valence-electron chi connectivity index (χ1n) is 9.18. The van der Waals surface area contributed by atoms with Crippen molar-refractivity contribution in [3.63, 3.8) is 0 Å². The topological polar surface area (TPSA) is 76.6 Å². The lowest BCUT2D eigenvalue weighted by atomic mass is 10.3. The van der Waals surface area contributed by atoms with E-state index >= 15 is 0 Å². The van der Waals surface area contributed by atoms with Crippen LogP contribution in [0.1, 0.15) is 0 Å². The predicted octanol–water partition coefficient (Wildman–Crippen LogP) is 2.90. The van der Waals surface area contributed by atoms with Gasteiger partial charge in [0.2, 0.25) is 0 Å². The van der Waals surface area contributed by atoms with Gasteiger partial charge in [-0.25, -0.2) is 23.1 Å². The number of carbonyl (C=O) groups is 1. The number of carbonyl (C=O) groups excluding carboxylic acids is 1. The molecule has 0 aliphatic carbocycles. The molecule has 0 saturated carbocycles. The zero-order valence-electron chi connectivity index (χ0n) is 15.7. The Morgan fingerprint density at radius 3 is 2.47 bits per heavy atom. The summed E-state index contributed by atoms with van der Waals surface area (Å²) >= 11 is 0. The molecule has 7 nitrogen and oxygen atoms in total. The molecule has 1 N–H and O–H groups in total. The molecule has 1 aromatic heterocycles. The first-order chi connectivity index (χ1) is 14.5. The molecule has 0 radical (unpaired) electrons. The third-order valence-electron chi connectivity index (χ3n) is 4.48. The minimum atomic E-state index is -1.66. The van der Waals surface area contributed by atoms with Gasteiger partial charge in [0.05, 0.1) is 29.9 Å². The summed E-state index contributed by atoms with van der Waals surface area (Å²) in [6.07, 6.45) is 0. The number of aromatic nitrogens is 2. The van der Waals surface area contributed by atoms with Crippen LogP contribution in [-0.2, 0) is 9.53 Å². The molecule has 4 rings (SSSR count). The van der Waals surface area contributed by atoms with E-state index < -0.39 is 35.7 Å². The van der Waals surface area contributed by atoms with Crippen LogP contribution in [-0.4, -0.2) is 48.8 Å². The molecule has 10 heteroatoms. The largest absolute Gasteiger partial charge is 0.465 e. The number of halogens is 3. The van der Waals surface area contributed by atoms with Crippen LogP contribution in [0.4, 0.5) is 24.7 Å². The Labute approximate surface area is 169 Å². The van der Waals surface area contributed by atoms with Gasteiger partial charge in [0.25, 0.3) is 11.8 Å². The average molecular weight is 418 g/mol. The summed E-state index contributed by atoms with van der Waals surface area (Å²) < 4.78 is 51.0. The summed E-state index contributed by atoms with van der Waals surface area (Å²) in [4.78, 5) is 23.2. The van der Waals surface area contributed by atoms with Gasteiger partial charge in [-0.3, -0.25) is 4.79 Å². The highest BCUT2D eigenvalue weighted by molar-refractivity contribution is 5.92. The van der Waals surface area contributed by atoms with E-state index in [2.05, 4.69) is 15.3 Å². The Morgan fingerprint density at radius 1 is 1.03 bits per heavy atom. The lowest BCUT2D eigenvalue weighted by Gasteiger charge is -2.28. The van der Waals surface area contributed by atoms with Crippen molar-refractivity contribution < 1.29 is 27.4 Å².